The largest absolute Gasteiger partial charge is 0.228 e. The van der Waals surface area contributed by atoms with E-state index in [1.54, 1.807) is 0 Å². The summed E-state index contributed by atoms with van der Waals surface area (Å²) in [5.74, 6) is 2.64. The number of benzene rings is 8. The van der Waals surface area contributed by atoms with Crippen LogP contribution in [-0.4, -0.2) is 24.9 Å². The Balaban J connectivity index is 0.947. The highest BCUT2D eigenvalue weighted by atomic mass is 15.0. The molecule has 0 N–H and O–H groups in total. The third-order valence-electron chi connectivity index (χ3n) is 10.4. The number of hydrogen-bond acceptors (Lipinski definition) is 5. The van der Waals surface area contributed by atoms with Gasteiger partial charge in [-0.1, -0.05) is 200 Å². The standard InChI is InChI=1S/C53H35N5/c1-5-14-38(15-6-1)48-35-49(39-16-7-2-8-17-39)55-50(54-48)42-28-24-36(25-29-42)44-32-33-47-45(34-44)22-13-23-46(47)37-26-30-43(31-27-37)53-57-51(40-18-9-3-10-19-40)56-52(58-53)41-20-11-4-12-21-41/h1-35H. The second-order valence-electron chi connectivity index (χ2n) is 14.1. The lowest BCUT2D eigenvalue weighted by atomic mass is 9.94. The van der Waals surface area contributed by atoms with E-state index < -0.39 is 0 Å². The van der Waals surface area contributed by atoms with Crippen molar-refractivity contribution in [1.29, 1.82) is 0 Å². The molecule has 0 aliphatic heterocycles. The molecule has 0 atom stereocenters. The molecule has 272 valence electrons. The van der Waals surface area contributed by atoms with Crippen LogP contribution in [0, 0.1) is 0 Å². The summed E-state index contributed by atoms with van der Waals surface area (Å²) >= 11 is 0. The molecule has 5 nitrogen and oxygen atoms in total. The van der Waals surface area contributed by atoms with Crippen LogP contribution < -0.4 is 0 Å². The molecule has 2 aromatic heterocycles. The summed E-state index contributed by atoms with van der Waals surface area (Å²) < 4.78 is 0. The summed E-state index contributed by atoms with van der Waals surface area (Å²) in [5.41, 5.74) is 12.3. The maximum atomic E-state index is 5.02. The average Bonchev–Trinajstić information content (AvgIpc) is 3.32. The van der Waals surface area contributed by atoms with Gasteiger partial charge in [0.2, 0.25) is 0 Å². The molecular weight excluding hydrogens is 707 g/mol. The lowest BCUT2D eigenvalue weighted by Crippen LogP contribution is -2.00. The molecular formula is C53H35N5. The number of rotatable bonds is 8. The van der Waals surface area contributed by atoms with Crippen LogP contribution in [0.25, 0.3) is 101 Å². The van der Waals surface area contributed by atoms with Crippen molar-refractivity contribution in [2.75, 3.05) is 0 Å². The monoisotopic (exact) mass is 741 g/mol. The molecule has 10 aromatic rings. The van der Waals surface area contributed by atoms with E-state index in [1.165, 1.54) is 16.3 Å². The lowest BCUT2D eigenvalue weighted by Gasteiger charge is -2.12. The Morgan fingerprint density at radius 3 is 1.09 bits per heavy atom. The van der Waals surface area contributed by atoms with Crippen LogP contribution >= 0.6 is 0 Å². The molecule has 0 bridgehead atoms. The molecule has 0 saturated carbocycles. The molecule has 0 saturated heterocycles. The second-order valence-corrected chi connectivity index (χ2v) is 14.1. The summed E-state index contributed by atoms with van der Waals surface area (Å²) in [7, 11) is 0. The van der Waals surface area contributed by atoms with Crippen molar-refractivity contribution in [1.82, 2.24) is 24.9 Å². The Morgan fingerprint density at radius 2 is 0.603 bits per heavy atom. The van der Waals surface area contributed by atoms with E-state index in [9.17, 15) is 0 Å². The topological polar surface area (TPSA) is 64.5 Å². The van der Waals surface area contributed by atoms with Crippen molar-refractivity contribution in [2.24, 2.45) is 0 Å². The fraction of sp³-hybridized carbons (Fsp3) is 0. The average molecular weight is 742 g/mol. The zero-order valence-corrected chi connectivity index (χ0v) is 31.4. The molecule has 0 aliphatic rings. The van der Waals surface area contributed by atoms with Gasteiger partial charge in [-0.25, -0.2) is 24.9 Å². The minimum absolute atomic E-state index is 0.639. The van der Waals surface area contributed by atoms with E-state index in [2.05, 4.69) is 115 Å². The van der Waals surface area contributed by atoms with Crippen LogP contribution in [0.5, 0.6) is 0 Å². The molecule has 10 rings (SSSR count). The molecule has 0 amide bonds. The fourth-order valence-corrected chi connectivity index (χ4v) is 7.35. The van der Waals surface area contributed by atoms with Crippen LogP contribution in [0.3, 0.4) is 0 Å². The van der Waals surface area contributed by atoms with E-state index in [-0.39, 0.29) is 0 Å². The molecule has 0 fully saturated rings. The minimum Gasteiger partial charge on any atom is -0.228 e. The highest BCUT2D eigenvalue weighted by Crippen LogP contribution is 2.35. The van der Waals surface area contributed by atoms with E-state index in [0.717, 1.165) is 61.5 Å². The van der Waals surface area contributed by atoms with Gasteiger partial charge < -0.3 is 0 Å². The first-order valence-corrected chi connectivity index (χ1v) is 19.3. The SMILES string of the molecule is c1ccc(-c2cc(-c3ccccc3)nc(-c3ccc(-c4ccc5c(-c6ccc(-c7nc(-c8ccccc8)nc(-c8ccccc8)n7)cc6)cccc5c4)cc3)n2)cc1. The Morgan fingerprint density at radius 1 is 0.224 bits per heavy atom. The molecule has 58 heavy (non-hydrogen) atoms. The summed E-state index contributed by atoms with van der Waals surface area (Å²) in [6, 6.07) is 73.0. The van der Waals surface area contributed by atoms with Gasteiger partial charge in [-0.2, -0.15) is 0 Å². The predicted molar refractivity (Wildman–Crippen MR) is 236 cm³/mol. The number of hydrogen-bond donors (Lipinski definition) is 0. The van der Waals surface area contributed by atoms with Crippen LogP contribution in [-0.2, 0) is 0 Å². The van der Waals surface area contributed by atoms with Crippen molar-refractivity contribution in [3.63, 3.8) is 0 Å². The van der Waals surface area contributed by atoms with Crippen molar-refractivity contribution in [3.05, 3.63) is 212 Å². The Bertz CT molecular complexity index is 2890. The summed E-state index contributed by atoms with van der Waals surface area (Å²) in [6.07, 6.45) is 0. The molecule has 0 unspecified atom stereocenters. The van der Waals surface area contributed by atoms with Crippen molar-refractivity contribution >= 4 is 10.8 Å². The maximum Gasteiger partial charge on any atom is 0.164 e. The highest BCUT2D eigenvalue weighted by Gasteiger charge is 2.14. The van der Waals surface area contributed by atoms with Crippen LogP contribution in [0.1, 0.15) is 0 Å². The van der Waals surface area contributed by atoms with Gasteiger partial charge in [0.25, 0.3) is 0 Å². The summed E-state index contributed by atoms with van der Waals surface area (Å²) in [5, 5.41) is 2.36. The molecule has 0 aliphatic carbocycles. The zero-order chi connectivity index (χ0) is 38.7. The third-order valence-corrected chi connectivity index (χ3v) is 10.4. The molecule has 8 aromatic carbocycles. The Labute approximate surface area is 337 Å². The van der Waals surface area contributed by atoms with Crippen molar-refractivity contribution < 1.29 is 0 Å². The second kappa shape index (κ2) is 15.3. The van der Waals surface area contributed by atoms with Crippen LogP contribution in [0.4, 0.5) is 0 Å². The highest BCUT2D eigenvalue weighted by molar-refractivity contribution is 5.99. The minimum atomic E-state index is 0.639. The predicted octanol–water partition coefficient (Wildman–Crippen LogP) is 13.2. The quantitative estimate of drug-likeness (QED) is 0.155. The van der Waals surface area contributed by atoms with Crippen molar-refractivity contribution in [3.8, 4) is 90.3 Å². The van der Waals surface area contributed by atoms with Gasteiger partial charge >= 0.3 is 0 Å². The molecule has 5 heteroatoms. The van der Waals surface area contributed by atoms with Crippen LogP contribution in [0.2, 0.25) is 0 Å². The summed E-state index contributed by atoms with van der Waals surface area (Å²) in [6.45, 7) is 0. The number of fused-ring (bicyclic) bond motifs is 1. The summed E-state index contributed by atoms with van der Waals surface area (Å²) in [4.78, 5) is 24.7. The van der Waals surface area contributed by atoms with Crippen molar-refractivity contribution in [2.45, 2.75) is 0 Å². The molecule has 0 spiro atoms. The maximum absolute atomic E-state index is 5.02. The van der Waals surface area contributed by atoms with E-state index in [0.29, 0.717) is 23.3 Å². The van der Waals surface area contributed by atoms with Gasteiger partial charge in [0, 0.05) is 33.4 Å². The number of aromatic nitrogens is 5. The van der Waals surface area contributed by atoms with E-state index in [4.69, 9.17) is 24.9 Å². The van der Waals surface area contributed by atoms with E-state index in [1.807, 2.05) is 97.1 Å². The first-order chi connectivity index (χ1) is 28.7. The van der Waals surface area contributed by atoms with Gasteiger partial charge in [0.15, 0.2) is 23.3 Å². The van der Waals surface area contributed by atoms with E-state index >= 15 is 0 Å². The normalized spacial score (nSPS) is 11.1. The van der Waals surface area contributed by atoms with Gasteiger partial charge in [0.1, 0.15) is 0 Å². The number of nitrogens with zero attached hydrogens (tertiary/aromatic N) is 5. The Hall–Kier alpha value is -7.89. The fourth-order valence-electron chi connectivity index (χ4n) is 7.35. The third kappa shape index (κ3) is 7.04. The van der Waals surface area contributed by atoms with Crippen LogP contribution in [0.15, 0.2) is 212 Å². The first-order valence-electron chi connectivity index (χ1n) is 19.3. The zero-order valence-electron chi connectivity index (χ0n) is 31.4. The van der Waals surface area contributed by atoms with Gasteiger partial charge in [0.05, 0.1) is 11.4 Å². The smallest absolute Gasteiger partial charge is 0.164 e. The molecule has 0 radical (unpaired) electrons. The Kier molecular flexibility index (Phi) is 9.14. The molecule has 2 heterocycles. The lowest BCUT2D eigenvalue weighted by molar-refractivity contribution is 1.07. The van der Waals surface area contributed by atoms with Gasteiger partial charge in [-0.3, -0.25) is 0 Å². The van der Waals surface area contributed by atoms with Gasteiger partial charge in [-0.15, -0.1) is 0 Å². The van der Waals surface area contributed by atoms with Gasteiger partial charge in [-0.05, 0) is 45.2 Å². The first kappa shape index (κ1) is 34.6.